The van der Waals surface area contributed by atoms with Gasteiger partial charge in [-0.25, -0.2) is 0 Å². The highest BCUT2D eigenvalue weighted by Crippen LogP contribution is 2.31. The summed E-state index contributed by atoms with van der Waals surface area (Å²) in [5, 5.41) is 23.0. The molecule has 1 amide bonds. The Morgan fingerprint density at radius 3 is 2.74 bits per heavy atom. The van der Waals surface area contributed by atoms with Gasteiger partial charge in [-0.2, -0.15) is 5.26 Å². The zero-order valence-corrected chi connectivity index (χ0v) is 15.5. The second-order valence-corrected chi connectivity index (χ2v) is 6.55. The van der Waals surface area contributed by atoms with Crippen molar-refractivity contribution in [1.82, 2.24) is 4.90 Å². The molecule has 1 heterocycles. The SMILES string of the molecule is CO/N=C1/C[C@@H](CO)N(C(=O)c2ccc(-c3cccc(C#N)c3Cl)cc2)C1. The lowest BCUT2D eigenvalue weighted by molar-refractivity contribution is 0.0680. The Morgan fingerprint density at radius 2 is 2.11 bits per heavy atom. The average molecular weight is 384 g/mol. The third-order valence-electron chi connectivity index (χ3n) is 4.52. The summed E-state index contributed by atoms with van der Waals surface area (Å²) in [7, 11) is 1.45. The lowest BCUT2D eigenvalue weighted by Gasteiger charge is -2.22. The number of nitrogens with zero attached hydrogens (tertiary/aromatic N) is 3. The van der Waals surface area contributed by atoms with Crippen LogP contribution < -0.4 is 0 Å². The van der Waals surface area contributed by atoms with Crippen molar-refractivity contribution in [3.63, 3.8) is 0 Å². The molecule has 138 valence electrons. The fourth-order valence-corrected chi connectivity index (χ4v) is 3.45. The van der Waals surface area contributed by atoms with Gasteiger partial charge in [0.2, 0.25) is 0 Å². The largest absolute Gasteiger partial charge is 0.399 e. The predicted molar refractivity (Wildman–Crippen MR) is 103 cm³/mol. The molecule has 0 aliphatic carbocycles. The van der Waals surface area contributed by atoms with Crippen molar-refractivity contribution in [3.05, 3.63) is 58.6 Å². The molecular formula is C20H18ClN3O3. The van der Waals surface area contributed by atoms with E-state index in [1.807, 2.05) is 6.07 Å². The number of aliphatic hydroxyl groups is 1. The van der Waals surface area contributed by atoms with E-state index in [1.54, 1.807) is 41.3 Å². The second-order valence-electron chi connectivity index (χ2n) is 6.17. The minimum Gasteiger partial charge on any atom is -0.399 e. The van der Waals surface area contributed by atoms with Crippen LogP contribution in [0.2, 0.25) is 5.02 Å². The van der Waals surface area contributed by atoms with Crippen LogP contribution in [0.15, 0.2) is 47.6 Å². The zero-order valence-electron chi connectivity index (χ0n) is 14.7. The van der Waals surface area contributed by atoms with Crippen LogP contribution >= 0.6 is 11.6 Å². The summed E-state index contributed by atoms with van der Waals surface area (Å²) >= 11 is 6.28. The van der Waals surface area contributed by atoms with E-state index in [0.717, 1.165) is 16.8 Å². The molecule has 1 fully saturated rings. The molecule has 1 N–H and O–H groups in total. The number of aliphatic hydroxyl groups excluding tert-OH is 1. The molecule has 2 aromatic carbocycles. The number of carbonyl (C=O) groups is 1. The summed E-state index contributed by atoms with van der Waals surface area (Å²) < 4.78 is 0. The number of hydrogen-bond acceptors (Lipinski definition) is 5. The number of nitriles is 1. The number of likely N-dealkylation sites (tertiary alicyclic amines) is 1. The molecule has 27 heavy (non-hydrogen) atoms. The van der Waals surface area contributed by atoms with Crippen LogP contribution in [0, 0.1) is 11.3 Å². The van der Waals surface area contributed by atoms with Gasteiger partial charge in [0.15, 0.2) is 0 Å². The van der Waals surface area contributed by atoms with E-state index >= 15 is 0 Å². The predicted octanol–water partition coefficient (Wildman–Crippen LogP) is 3.09. The van der Waals surface area contributed by atoms with Gasteiger partial charge in [0.1, 0.15) is 13.2 Å². The Morgan fingerprint density at radius 1 is 1.37 bits per heavy atom. The third-order valence-corrected chi connectivity index (χ3v) is 4.93. The van der Waals surface area contributed by atoms with Crippen LogP contribution in [0.3, 0.4) is 0 Å². The molecule has 0 unspecified atom stereocenters. The topological polar surface area (TPSA) is 85.9 Å². The van der Waals surface area contributed by atoms with E-state index in [1.165, 1.54) is 7.11 Å². The Labute approximate surface area is 162 Å². The van der Waals surface area contributed by atoms with Gasteiger partial charge in [-0.05, 0) is 23.8 Å². The van der Waals surface area contributed by atoms with Gasteiger partial charge in [-0.3, -0.25) is 4.79 Å². The second kappa shape index (κ2) is 8.21. The first-order valence-electron chi connectivity index (χ1n) is 8.38. The number of carbonyl (C=O) groups excluding carboxylic acids is 1. The summed E-state index contributed by atoms with van der Waals surface area (Å²) in [6.45, 7) is 0.193. The summed E-state index contributed by atoms with van der Waals surface area (Å²) in [4.78, 5) is 19.2. The first-order chi connectivity index (χ1) is 13.1. The van der Waals surface area contributed by atoms with E-state index in [9.17, 15) is 9.90 Å². The summed E-state index contributed by atoms with van der Waals surface area (Å²) in [6.07, 6.45) is 0.491. The standard InChI is InChI=1S/C20H18ClN3O3/c1-27-23-16-9-17(12-25)24(11-16)20(26)14-7-5-13(6-8-14)18-4-2-3-15(10-22)19(18)21/h2-8,17,25H,9,11-12H2,1H3/b23-16-/t17-/m0/s1. The average Bonchev–Trinajstić information content (AvgIpc) is 3.11. The number of benzene rings is 2. The van der Waals surface area contributed by atoms with Gasteiger partial charge in [0, 0.05) is 17.5 Å². The first-order valence-corrected chi connectivity index (χ1v) is 8.76. The Kier molecular flexibility index (Phi) is 5.75. The summed E-state index contributed by atoms with van der Waals surface area (Å²) in [5.74, 6) is -0.182. The van der Waals surface area contributed by atoms with Crippen LogP contribution in [-0.4, -0.2) is 47.9 Å². The van der Waals surface area contributed by atoms with Crippen LogP contribution in [0.5, 0.6) is 0 Å². The maximum absolute atomic E-state index is 12.8. The van der Waals surface area contributed by atoms with Gasteiger partial charge >= 0.3 is 0 Å². The van der Waals surface area contributed by atoms with Gasteiger partial charge < -0.3 is 14.8 Å². The van der Waals surface area contributed by atoms with Crippen molar-refractivity contribution in [2.75, 3.05) is 20.3 Å². The van der Waals surface area contributed by atoms with E-state index in [2.05, 4.69) is 11.2 Å². The third kappa shape index (κ3) is 3.80. The zero-order chi connectivity index (χ0) is 19.4. The monoisotopic (exact) mass is 383 g/mol. The lowest BCUT2D eigenvalue weighted by atomic mass is 10.0. The van der Waals surface area contributed by atoms with Crippen molar-refractivity contribution in [2.24, 2.45) is 5.16 Å². The number of oxime groups is 1. The molecule has 1 aliphatic rings. The molecule has 7 heteroatoms. The van der Waals surface area contributed by atoms with Crippen molar-refractivity contribution in [3.8, 4) is 17.2 Å². The van der Waals surface area contributed by atoms with E-state index in [4.69, 9.17) is 21.7 Å². The van der Waals surface area contributed by atoms with Crippen molar-refractivity contribution < 1.29 is 14.7 Å². The maximum Gasteiger partial charge on any atom is 0.254 e. The molecule has 6 nitrogen and oxygen atoms in total. The van der Waals surface area contributed by atoms with Gasteiger partial charge in [0.25, 0.3) is 5.91 Å². The molecule has 0 radical (unpaired) electrons. The van der Waals surface area contributed by atoms with E-state index in [-0.39, 0.29) is 18.6 Å². The highest BCUT2D eigenvalue weighted by atomic mass is 35.5. The van der Waals surface area contributed by atoms with Crippen molar-refractivity contribution in [1.29, 1.82) is 5.26 Å². The molecule has 2 aromatic rings. The fraction of sp³-hybridized carbons (Fsp3) is 0.250. The molecular weight excluding hydrogens is 366 g/mol. The molecule has 1 saturated heterocycles. The van der Waals surface area contributed by atoms with Crippen LogP contribution in [0.1, 0.15) is 22.3 Å². The molecule has 0 bridgehead atoms. The smallest absolute Gasteiger partial charge is 0.254 e. The maximum atomic E-state index is 12.8. The van der Waals surface area contributed by atoms with Gasteiger partial charge in [0.05, 0.1) is 35.5 Å². The fourth-order valence-electron chi connectivity index (χ4n) is 3.17. The van der Waals surface area contributed by atoms with Crippen LogP contribution in [0.25, 0.3) is 11.1 Å². The Balaban J connectivity index is 1.84. The van der Waals surface area contributed by atoms with E-state index < -0.39 is 0 Å². The van der Waals surface area contributed by atoms with Crippen LogP contribution in [-0.2, 0) is 4.84 Å². The van der Waals surface area contributed by atoms with E-state index in [0.29, 0.717) is 29.1 Å². The normalized spacial score (nSPS) is 17.8. The minimum absolute atomic E-state index is 0.136. The van der Waals surface area contributed by atoms with Crippen LogP contribution in [0.4, 0.5) is 0 Å². The number of rotatable bonds is 4. The first kappa shape index (κ1) is 18.9. The number of hydrogen-bond donors (Lipinski definition) is 1. The molecule has 3 rings (SSSR count). The summed E-state index contributed by atoms with van der Waals surface area (Å²) in [6, 6.07) is 14.0. The van der Waals surface area contributed by atoms with Crippen molar-refractivity contribution in [2.45, 2.75) is 12.5 Å². The van der Waals surface area contributed by atoms with Crippen molar-refractivity contribution >= 4 is 23.2 Å². The number of amides is 1. The van der Waals surface area contributed by atoms with Gasteiger partial charge in [-0.15, -0.1) is 0 Å². The highest BCUT2D eigenvalue weighted by Gasteiger charge is 2.33. The highest BCUT2D eigenvalue weighted by molar-refractivity contribution is 6.34. The minimum atomic E-state index is -0.312. The Hall–Kier alpha value is -2.88. The quantitative estimate of drug-likeness (QED) is 0.822. The molecule has 0 saturated carbocycles. The lowest BCUT2D eigenvalue weighted by Crippen LogP contribution is -2.37. The molecule has 0 spiro atoms. The Bertz CT molecular complexity index is 919. The van der Waals surface area contributed by atoms with Gasteiger partial charge in [-0.1, -0.05) is 41.0 Å². The summed E-state index contributed by atoms with van der Waals surface area (Å²) in [5.41, 5.74) is 3.18. The molecule has 1 atom stereocenters. The molecule has 0 aromatic heterocycles. The number of halogens is 1. The molecule has 1 aliphatic heterocycles.